The third-order valence-electron chi connectivity index (χ3n) is 5.26. The first-order chi connectivity index (χ1) is 14.9. The van der Waals surface area contributed by atoms with E-state index in [1.54, 1.807) is 35.6 Å². The minimum Gasteiger partial charge on any atom is -0.458 e. The van der Waals surface area contributed by atoms with E-state index in [4.69, 9.17) is 4.42 Å². The molecule has 1 fully saturated rings. The standard InChI is InChI=1S/C22H25N3O4S2/c1-16-24-20(15-30-16)21-10-7-18(29-21)14-23-22(26)11-6-17-4-8-19(9-5-17)31(27,28)25-12-2-3-13-25/h4-5,7-10,15H,2-3,6,11-14H2,1H3,(H,23,26). The van der Waals surface area contributed by atoms with Crippen molar-refractivity contribution in [3.05, 3.63) is 58.1 Å². The second-order valence-corrected chi connectivity index (χ2v) is 10.5. The molecule has 164 valence electrons. The maximum Gasteiger partial charge on any atom is 0.243 e. The van der Waals surface area contributed by atoms with Gasteiger partial charge in [-0.2, -0.15) is 4.31 Å². The monoisotopic (exact) mass is 459 g/mol. The molecule has 0 radical (unpaired) electrons. The number of hydrogen-bond donors (Lipinski definition) is 1. The van der Waals surface area contributed by atoms with Gasteiger partial charge in [0.15, 0.2) is 5.76 Å². The van der Waals surface area contributed by atoms with E-state index in [-0.39, 0.29) is 5.91 Å². The van der Waals surface area contributed by atoms with Gasteiger partial charge in [0.2, 0.25) is 15.9 Å². The SMILES string of the molecule is Cc1nc(-c2ccc(CNC(=O)CCc3ccc(S(=O)(=O)N4CCCC4)cc3)o2)cs1. The fourth-order valence-electron chi connectivity index (χ4n) is 3.52. The van der Waals surface area contributed by atoms with Gasteiger partial charge in [0, 0.05) is 24.9 Å². The van der Waals surface area contributed by atoms with E-state index >= 15 is 0 Å². The smallest absolute Gasteiger partial charge is 0.243 e. The molecule has 1 amide bonds. The zero-order valence-electron chi connectivity index (χ0n) is 17.3. The molecule has 0 unspecified atom stereocenters. The van der Waals surface area contributed by atoms with Gasteiger partial charge in [-0.05, 0) is 56.0 Å². The van der Waals surface area contributed by atoms with Crippen molar-refractivity contribution in [1.29, 1.82) is 0 Å². The van der Waals surface area contributed by atoms with Crippen LogP contribution in [0.5, 0.6) is 0 Å². The molecule has 1 aliphatic heterocycles. The van der Waals surface area contributed by atoms with Gasteiger partial charge in [0.05, 0.1) is 16.4 Å². The zero-order chi connectivity index (χ0) is 21.8. The summed E-state index contributed by atoms with van der Waals surface area (Å²) in [6, 6.07) is 10.5. The second-order valence-electron chi connectivity index (χ2n) is 7.55. The number of carbonyl (C=O) groups excluding carboxylic acids is 1. The number of aryl methyl sites for hydroxylation is 2. The summed E-state index contributed by atoms with van der Waals surface area (Å²) in [5.74, 6) is 1.28. The summed E-state index contributed by atoms with van der Waals surface area (Å²) in [5.41, 5.74) is 1.73. The number of hydrogen-bond acceptors (Lipinski definition) is 6. The van der Waals surface area contributed by atoms with Crippen molar-refractivity contribution >= 4 is 27.3 Å². The van der Waals surface area contributed by atoms with Gasteiger partial charge in [-0.15, -0.1) is 11.3 Å². The van der Waals surface area contributed by atoms with Crippen LogP contribution in [-0.4, -0.2) is 36.7 Å². The Morgan fingerprint density at radius 3 is 2.58 bits per heavy atom. The summed E-state index contributed by atoms with van der Waals surface area (Å²) in [5, 5.41) is 5.78. The van der Waals surface area contributed by atoms with Gasteiger partial charge in [-0.3, -0.25) is 4.79 Å². The number of nitrogens with zero attached hydrogens (tertiary/aromatic N) is 2. The second kappa shape index (κ2) is 9.33. The minimum atomic E-state index is -3.40. The zero-order valence-corrected chi connectivity index (χ0v) is 19.0. The predicted molar refractivity (Wildman–Crippen MR) is 119 cm³/mol. The summed E-state index contributed by atoms with van der Waals surface area (Å²) in [6.07, 6.45) is 2.68. The average molecular weight is 460 g/mol. The summed E-state index contributed by atoms with van der Waals surface area (Å²) < 4.78 is 32.4. The lowest BCUT2D eigenvalue weighted by molar-refractivity contribution is -0.121. The van der Waals surface area contributed by atoms with Gasteiger partial charge in [0.25, 0.3) is 0 Å². The number of nitrogens with one attached hydrogen (secondary N) is 1. The molecule has 1 N–H and O–H groups in total. The summed E-state index contributed by atoms with van der Waals surface area (Å²) in [4.78, 5) is 16.9. The quantitative estimate of drug-likeness (QED) is 0.554. The maximum absolute atomic E-state index is 12.6. The predicted octanol–water partition coefficient (Wildman–Crippen LogP) is 3.75. The van der Waals surface area contributed by atoms with Crippen molar-refractivity contribution in [2.75, 3.05) is 13.1 Å². The Hall–Kier alpha value is -2.49. The van der Waals surface area contributed by atoms with Crippen LogP contribution < -0.4 is 5.32 Å². The van der Waals surface area contributed by atoms with E-state index in [0.717, 1.165) is 29.1 Å². The molecular weight excluding hydrogens is 434 g/mol. The molecule has 3 aromatic rings. The third-order valence-corrected chi connectivity index (χ3v) is 7.95. The normalized spacial score (nSPS) is 14.7. The van der Waals surface area contributed by atoms with Crippen molar-refractivity contribution in [2.24, 2.45) is 0 Å². The highest BCUT2D eigenvalue weighted by molar-refractivity contribution is 7.89. The lowest BCUT2D eigenvalue weighted by Crippen LogP contribution is -2.27. The maximum atomic E-state index is 12.6. The van der Waals surface area contributed by atoms with E-state index in [1.807, 2.05) is 24.4 Å². The molecular formula is C22H25N3O4S2. The van der Waals surface area contributed by atoms with Gasteiger partial charge >= 0.3 is 0 Å². The third kappa shape index (κ3) is 5.23. The van der Waals surface area contributed by atoms with E-state index in [1.165, 1.54) is 4.31 Å². The molecule has 3 heterocycles. The van der Waals surface area contributed by atoms with Crippen LogP contribution in [0.3, 0.4) is 0 Å². The van der Waals surface area contributed by atoms with Crippen LogP contribution in [0.25, 0.3) is 11.5 Å². The van der Waals surface area contributed by atoms with Crippen molar-refractivity contribution in [3.63, 3.8) is 0 Å². The molecule has 4 rings (SSSR count). The van der Waals surface area contributed by atoms with Crippen LogP contribution >= 0.6 is 11.3 Å². The van der Waals surface area contributed by atoms with Crippen LogP contribution in [0.15, 0.2) is 51.1 Å². The van der Waals surface area contributed by atoms with Crippen LogP contribution in [0, 0.1) is 6.92 Å². The number of aromatic nitrogens is 1. The van der Waals surface area contributed by atoms with Gasteiger partial charge < -0.3 is 9.73 Å². The highest BCUT2D eigenvalue weighted by Crippen LogP contribution is 2.24. The van der Waals surface area contributed by atoms with Crippen molar-refractivity contribution in [2.45, 2.75) is 44.0 Å². The Morgan fingerprint density at radius 1 is 1.16 bits per heavy atom. The molecule has 0 spiro atoms. The Labute approximate surface area is 186 Å². The topological polar surface area (TPSA) is 92.5 Å². The molecule has 7 nitrogen and oxygen atoms in total. The first-order valence-electron chi connectivity index (χ1n) is 10.3. The summed E-state index contributed by atoms with van der Waals surface area (Å²) in [6.45, 7) is 3.43. The molecule has 1 aromatic carbocycles. The molecule has 9 heteroatoms. The number of benzene rings is 1. The Bertz CT molecular complexity index is 1140. The molecule has 0 atom stereocenters. The Morgan fingerprint density at radius 2 is 1.90 bits per heavy atom. The van der Waals surface area contributed by atoms with E-state index in [9.17, 15) is 13.2 Å². The van der Waals surface area contributed by atoms with E-state index in [0.29, 0.717) is 48.9 Å². The van der Waals surface area contributed by atoms with Crippen LogP contribution in [0.1, 0.15) is 35.6 Å². The van der Waals surface area contributed by atoms with Gasteiger partial charge in [-0.1, -0.05) is 12.1 Å². The van der Waals surface area contributed by atoms with Crippen molar-refractivity contribution in [1.82, 2.24) is 14.6 Å². The first-order valence-corrected chi connectivity index (χ1v) is 12.6. The number of furan rings is 1. The van der Waals surface area contributed by atoms with E-state index < -0.39 is 10.0 Å². The molecule has 1 saturated heterocycles. The summed E-state index contributed by atoms with van der Waals surface area (Å²) >= 11 is 1.56. The Balaban J connectivity index is 1.26. The number of carbonyl (C=O) groups is 1. The number of sulfonamides is 1. The lowest BCUT2D eigenvalue weighted by atomic mass is 10.1. The summed E-state index contributed by atoms with van der Waals surface area (Å²) in [7, 11) is -3.40. The van der Waals surface area contributed by atoms with Crippen LogP contribution in [-0.2, 0) is 27.8 Å². The lowest BCUT2D eigenvalue weighted by Gasteiger charge is -2.15. The number of rotatable bonds is 8. The molecule has 0 aliphatic carbocycles. The fourth-order valence-corrected chi connectivity index (χ4v) is 5.64. The number of thiazole rings is 1. The molecule has 0 bridgehead atoms. The first kappa shape index (κ1) is 21.7. The highest BCUT2D eigenvalue weighted by Gasteiger charge is 2.26. The van der Waals surface area contributed by atoms with Crippen molar-refractivity contribution in [3.8, 4) is 11.5 Å². The molecule has 1 aliphatic rings. The Kier molecular flexibility index (Phi) is 6.54. The fraction of sp³-hybridized carbons (Fsp3) is 0.364. The molecule has 0 saturated carbocycles. The number of amides is 1. The van der Waals surface area contributed by atoms with E-state index in [2.05, 4.69) is 10.3 Å². The largest absolute Gasteiger partial charge is 0.458 e. The van der Waals surface area contributed by atoms with Gasteiger partial charge in [-0.25, -0.2) is 13.4 Å². The van der Waals surface area contributed by atoms with Gasteiger partial charge in [0.1, 0.15) is 11.5 Å². The van der Waals surface area contributed by atoms with Crippen molar-refractivity contribution < 1.29 is 17.6 Å². The molecule has 31 heavy (non-hydrogen) atoms. The molecule has 2 aromatic heterocycles. The van der Waals surface area contributed by atoms with Crippen LogP contribution in [0.2, 0.25) is 0 Å². The van der Waals surface area contributed by atoms with Crippen LogP contribution in [0.4, 0.5) is 0 Å². The minimum absolute atomic E-state index is 0.0868. The average Bonchev–Trinajstić information content (AvgIpc) is 3.52. The highest BCUT2D eigenvalue weighted by atomic mass is 32.2.